The van der Waals surface area contributed by atoms with Crippen molar-refractivity contribution in [2.45, 2.75) is 38.5 Å². The summed E-state index contributed by atoms with van der Waals surface area (Å²) in [6.07, 6.45) is 4.61. The largest absolute Gasteiger partial charge is 0.292 e. The van der Waals surface area contributed by atoms with Crippen LogP contribution in [0.4, 0.5) is 0 Å². The number of fused-ring (bicyclic) bond motifs is 1. The number of piperazine rings is 1. The fourth-order valence-corrected chi connectivity index (χ4v) is 6.53. The Morgan fingerprint density at radius 1 is 0.926 bits per heavy atom. The van der Waals surface area contributed by atoms with E-state index in [4.69, 9.17) is 0 Å². The fraction of sp³-hybridized carbons (Fsp3) is 0.476. The third kappa shape index (κ3) is 4.08. The van der Waals surface area contributed by atoms with Crippen LogP contribution in [0, 0.1) is 0 Å². The second kappa shape index (κ2) is 7.70. The van der Waals surface area contributed by atoms with Gasteiger partial charge in [0, 0.05) is 50.7 Å². The topological polar surface area (TPSA) is 53.5 Å². The van der Waals surface area contributed by atoms with Crippen LogP contribution in [0.15, 0.2) is 48.8 Å². The third-order valence-electron chi connectivity index (χ3n) is 5.91. The van der Waals surface area contributed by atoms with Gasteiger partial charge in [-0.25, -0.2) is 8.42 Å². The normalized spacial score (nSPS) is 25.4. The molecule has 2 saturated heterocycles. The molecule has 0 bridgehead atoms. The molecule has 0 aliphatic carbocycles. The Morgan fingerprint density at radius 2 is 1.52 bits per heavy atom. The van der Waals surface area contributed by atoms with Gasteiger partial charge in [-0.1, -0.05) is 31.2 Å². The maximum atomic E-state index is 12.5. The number of sulfone groups is 1. The van der Waals surface area contributed by atoms with Crippen molar-refractivity contribution in [1.29, 1.82) is 0 Å². The average Bonchev–Trinajstić information content (AvgIpc) is 3.01. The lowest BCUT2D eigenvalue weighted by Gasteiger charge is -2.44. The number of nitrogens with zero attached hydrogens (tertiary/aromatic N) is 3. The second-order valence-corrected chi connectivity index (χ2v) is 9.78. The van der Waals surface area contributed by atoms with Gasteiger partial charge in [-0.05, 0) is 35.2 Å². The number of rotatable bonds is 5. The lowest BCUT2D eigenvalue weighted by molar-refractivity contribution is 0.0353. The van der Waals surface area contributed by atoms with E-state index in [-0.39, 0.29) is 23.6 Å². The summed E-state index contributed by atoms with van der Waals surface area (Å²) in [7, 11) is -2.99. The molecule has 27 heavy (non-hydrogen) atoms. The van der Waals surface area contributed by atoms with Gasteiger partial charge >= 0.3 is 0 Å². The van der Waals surface area contributed by atoms with Gasteiger partial charge in [0.05, 0.1) is 11.5 Å². The second-order valence-electron chi connectivity index (χ2n) is 7.63. The van der Waals surface area contributed by atoms with Crippen molar-refractivity contribution < 1.29 is 8.42 Å². The molecular formula is C21H27N3O2S. The molecule has 6 heteroatoms. The molecule has 4 rings (SSSR count). The average molecular weight is 386 g/mol. The van der Waals surface area contributed by atoms with Crippen LogP contribution in [-0.4, -0.2) is 59.9 Å². The van der Waals surface area contributed by atoms with E-state index in [0.29, 0.717) is 0 Å². The van der Waals surface area contributed by atoms with Crippen molar-refractivity contribution in [2.75, 3.05) is 24.6 Å². The molecule has 2 fully saturated rings. The molecular weight excluding hydrogens is 358 g/mol. The fourth-order valence-electron chi connectivity index (χ4n) is 4.49. The number of hydrogen-bond acceptors (Lipinski definition) is 5. The van der Waals surface area contributed by atoms with Gasteiger partial charge in [-0.2, -0.15) is 0 Å². The first-order chi connectivity index (χ1) is 13.1. The Morgan fingerprint density at radius 3 is 2.15 bits per heavy atom. The van der Waals surface area contributed by atoms with Gasteiger partial charge in [0.15, 0.2) is 9.84 Å². The molecule has 2 aromatic rings. The molecule has 2 atom stereocenters. The molecule has 144 valence electrons. The summed E-state index contributed by atoms with van der Waals surface area (Å²) in [6, 6.07) is 12.7. The minimum atomic E-state index is -2.99. The predicted octanol–water partition coefficient (Wildman–Crippen LogP) is 2.13. The van der Waals surface area contributed by atoms with E-state index in [2.05, 4.69) is 46.0 Å². The molecule has 5 nitrogen and oxygen atoms in total. The number of pyridine rings is 1. The summed E-state index contributed by atoms with van der Waals surface area (Å²) in [4.78, 5) is 8.83. The molecule has 0 spiro atoms. The first-order valence-corrected chi connectivity index (χ1v) is 11.5. The first kappa shape index (κ1) is 18.6. The summed E-state index contributed by atoms with van der Waals surface area (Å²) in [6.45, 7) is 5.60. The monoisotopic (exact) mass is 385 g/mol. The summed E-state index contributed by atoms with van der Waals surface area (Å²) in [5, 5.41) is 0. The smallest absolute Gasteiger partial charge is 0.153 e. The van der Waals surface area contributed by atoms with Crippen molar-refractivity contribution in [1.82, 2.24) is 14.8 Å². The molecule has 0 radical (unpaired) electrons. The number of aromatic nitrogens is 1. The van der Waals surface area contributed by atoms with E-state index in [9.17, 15) is 8.42 Å². The van der Waals surface area contributed by atoms with Gasteiger partial charge in [-0.15, -0.1) is 0 Å². The van der Waals surface area contributed by atoms with Gasteiger partial charge in [0.1, 0.15) is 0 Å². The van der Waals surface area contributed by atoms with Crippen LogP contribution in [-0.2, 0) is 29.3 Å². The highest BCUT2D eigenvalue weighted by atomic mass is 32.2. The van der Waals surface area contributed by atoms with E-state index in [1.807, 2.05) is 12.1 Å². The van der Waals surface area contributed by atoms with E-state index >= 15 is 0 Å². The van der Waals surface area contributed by atoms with E-state index in [1.165, 1.54) is 16.7 Å². The van der Waals surface area contributed by atoms with E-state index < -0.39 is 9.84 Å². The minimum Gasteiger partial charge on any atom is -0.292 e. The number of aryl methyl sites for hydroxylation is 1. The Bertz CT molecular complexity index is 885. The van der Waals surface area contributed by atoms with Crippen LogP contribution in [0.25, 0.3) is 0 Å². The number of benzene rings is 1. The van der Waals surface area contributed by atoms with Crippen molar-refractivity contribution in [3.63, 3.8) is 0 Å². The minimum absolute atomic E-state index is 0.0747. The van der Waals surface area contributed by atoms with Crippen LogP contribution < -0.4 is 0 Å². The third-order valence-corrected chi connectivity index (χ3v) is 7.61. The summed E-state index contributed by atoms with van der Waals surface area (Å²) in [5.41, 5.74) is 3.87. The Labute approximate surface area is 161 Å². The van der Waals surface area contributed by atoms with Gasteiger partial charge in [-0.3, -0.25) is 14.8 Å². The summed E-state index contributed by atoms with van der Waals surface area (Å²) >= 11 is 0. The zero-order valence-corrected chi connectivity index (χ0v) is 16.6. The van der Waals surface area contributed by atoms with Crippen LogP contribution in [0.3, 0.4) is 0 Å². The Balaban J connectivity index is 1.55. The van der Waals surface area contributed by atoms with Crippen molar-refractivity contribution in [2.24, 2.45) is 0 Å². The molecule has 0 unspecified atom stereocenters. The molecule has 2 aliphatic rings. The van der Waals surface area contributed by atoms with Gasteiger partial charge in [0.25, 0.3) is 0 Å². The van der Waals surface area contributed by atoms with Gasteiger partial charge < -0.3 is 0 Å². The molecule has 0 amide bonds. The van der Waals surface area contributed by atoms with E-state index in [0.717, 1.165) is 32.6 Å². The van der Waals surface area contributed by atoms with Gasteiger partial charge in [0.2, 0.25) is 0 Å². The van der Waals surface area contributed by atoms with Crippen LogP contribution in [0.1, 0.15) is 23.6 Å². The van der Waals surface area contributed by atoms with Crippen molar-refractivity contribution in [3.8, 4) is 0 Å². The summed E-state index contributed by atoms with van der Waals surface area (Å²) in [5.74, 6) is 0.549. The predicted molar refractivity (Wildman–Crippen MR) is 107 cm³/mol. The lowest BCUT2D eigenvalue weighted by Crippen LogP contribution is -2.58. The zero-order chi connectivity index (χ0) is 18.9. The highest BCUT2D eigenvalue weighted by Crippen LogP contribution is 2.29. The maximum Gasteiger partial charge on any atom is 0.153 e. The molecule has 1 aromatic carbocycles. The zero-order valence-electron chi connectivity index (χ0n) is 15.8. The van der Waals surface area contributed by atoms with E-state index in [1.54, 1.807) is 12.4 Å². The highest BCUT2D eigenvalue weighted by Gasteiger charge is 2.46. The van der Waals surface area contributed by atoms with Crippen LogP contribution in [0.2, 0.25) is 0 Å². The molecule has 1 aromatic heterocycles. The standard InChI is InChI=1S/C21H27N3O2S/c1-2-18-5-3-4-6-19(18)14-24-12-11-23(13-17-7-9-22-10-8-17)20-15-27(25,26)16-21(20)24/h3-10,20-21H,2,11-16H2,1H3/t20-,21+/m1/s1. The lowest BCUT2D eigenvalue weighted by atomic mass is 10.00. The highest BCUT2D eigenvalue weighted by molar-refractivity contribution is 7.91. The molecule has 0 N–H and O–H groups in total. The van der Waals surface area contributed by atoms with Crippen molar-refractivity contribution in [3.05, 3.63) is 65.5 Å². The van der Waals surface area contributed by atoms with Crippen molar-refractivity contribution >= 4 is 9.84 Å². The number of hydrogen-bond donors (Lipinski definition) is 0. The Hall–Kier alpha value is -1.76. The Kier molecular flexibility index (Phi) is 5.30. The summed E-state index contributed by atoms with van der Waals surface area (Å²) < 4.78 is 24.9. The maximum absolute atomic E-state index is 12.5. The quantitative estimate of drug-likeness (QED) is 0.789. The van der Waals surface area contributed by atoms with Crippen LogP contribution in [0.5, 0.6) is 0 Å². The van der Waals surface area contributed by atoms with Crippen LogP contribution >= 0.6 is 0 Å². The molecule has 2 aliphatic heterocycles. The SMILES string of the molecule is CCc1ccccc1CN1CCN(Cc2ccncc2)[C@@H]2CS(=O)(=O)C[C@@H]21. The molecule has 3 heterocycles. The first-order valence-electron chi connectivity index (χ1n) is 9.70. The molecule has 0 saturated carbocycles.